The predicted octanol–water partition coefficient (Wildman–Crippen LogP) is 2.16. The zero-order chi connectivity index (χ0) is 14.1. The summed E-state index contributed by atoms with van der Waals surface area (Å²) in [4.78, 5) is 4.00. The Morgan fingerprint density at radius 3 is 2.90 bits per heavy atom. The summed E-state index contributed by atoms with van der Waals surface area (Å²) in [5.74, 6) is 0.810. The molecule has 0 N–H and O–H groups in total. The maximum absolute atomic E-state index is 4.30. The van der Waals surface area contributed by atoms with E-state index >= 15 is 0 Å². The third-order valence-electron chi connectivity index (χ3n) is 4.26. The van der Waals surface area contributed by atoms with Gasteiger partial charge in [-0.2, -0.15) is 4.80 Å². The summed E-state index contributed by atoms with van der Waals surface area (Å²) in [6.45, 7) is 6.30. The number of hydrogen-bond acceptors (Lipinski definition) is 4. The molecule has 0 aliphatic carbocycles. The molecular formula is C15H21N5. The van der Waals surface area contributed by atoms with Crippen LogP contribution in [0, 0.1) is 13.8 Å². The second kappa shape index (κ2) is 5.32. The maximum atomic E-state index is 4.30. The zero-order valence-electron chi connectivity index (χ0n) is 12.4. The average Bonchev–Trinajstić information content (AvgIpc) is 3.03. The fraction of sp³-hybridized carbons (Fsp3) is 0.533. The molecule has 1 aliphatic heterocycles. The minimum Gasteiger partial charge on any atom is -0.289 e. The van der Waals surface area contributed by atoms with Gasteiger partial charge in [-0.05, 0) is 55.1 Å². The monoisotopic (exact) mass is 271 g/mol. The van der Waals surface area contributed by atoms with Gasteiger partial charge >= 0.3 is 0 Å². The Bertz CT molecular complexity index is 604. The van der Waals surface area contributed by atoms with Crippen LogP contribution in [0.1, 0.15) is 41.4 Å². The molecule has 2 heterocycles. The summed E-state index contributed by atoms with van der Waals surface area (Å²) in [6.07, 6.45) is 2.45. The van der Waals surface area contributed by atoms with E-state index in [9.17, 15) is 0 Å². The van der Waals surface area contributed by atoms with Crippen LogP contribution in [-0.2, 0) is 13.6 Å². The number of nitrogens with zero attached hydrogens (tertiary/aromatic N) is 5. The lowest BCUT2D eigenvalue weighted by Crippen LogP contribution is -2.24. The Kier molecular flexibility index (Phi) is 3.53. The van der Waals surface area contributed by atoms with Crippen LogP contribution in [0.25, 0.3) is 0 Å². The van der Waals surface area contributed by atoms with Crippen molar-refractivity contribution in [3.8, 4) is 0 Å². The van der Waals surface area contributed by atoms with Gasteiger partial charge in [0.1, 0.15) is 0 Å². The van der Waals surface area contributed by atoms with Crippen LogP contribution in [0.3, 0.4) is 0 Å². The average molecular weight is 271 g/mol. The van der Waals surface area contributed by atoms with E-state index in [1.54, 1.807) is 0 Å². The first-order chi connectivity index (χ1) is 9.65. The summed E-state index contributed by atoms with van der Waals surface area (Å²) in [5.41, 5.74) is 4.23. The Morgan fingerprint density at radius 1 is 1.30 bits per heavy atom. The lowest BCUT2D eigenvalue weighted by molar-refractivity contribution is 0.241. The van der Waals surface area contributed by atoms with Crippen LogP contribution in [0.5, 0.6) is 0 Å². The fourth-order valence-electron chi connectivity index (χ4n) is 3.07. The Hall–Kier alpha value is -1.75. The molecule has 106 valence electrons. The Morgan fingerprint density at radius 2 is 2.15 bits per heavy atom. The number of tetrazole rings is 1. The first-order valence-corrected chi connectivity index (χ1v) is 7.18. The molecular weight excluding hydrogens is 250 g/mol. The summed E-state index contributed by atoms with van der Waals surface area (Å²) in [6, 6.07) is 7.09. The summed E-state index contributed by atoms with van der Waals surface area (Å²) in [5, 5.41) is 12.3. The smallest absolute Gasteiger partial charge is 0.188 e. The Balaban J connectivity index is 1.83. The van der Waals surface area contributed by atoms with Gasteiger partial charge in [0.05, 0.1) is 13.6 Å². The van der Waals surface area contributed by atoms with Crippen LogP contribution in [0.15, 0.2) is 18.2 Å². The molecule has 0 radical (unpaired) electrons. The van der Waals surface area contributed by atoms with E-state index in [0.717, 1.165) is 18.9 Å². The molecule has 1 aliphatic rings. The topological polar surface area (TPSA) is 46.8 Å². The molecule has 3 rings (SSSR count). The summed E-state index contributed by atoms with van der Waals surface area (Å²) < 4.78 is 0. The van der Waals surface area contributed by atoms with Crippen LogP contribution >= 0.6 is 0 Å². The first kappa shape index (κ1) is 13.2. The molecule has 0 saturated carbocycles. The van der Waals surface area contributed by atoms with E-state index < -0.39 is 0 Å². The van der Waals surface area contributed by atoms with Gasteiger partial charge < -0.3 is 0 Å². The van der Waals surface area contributed by atoms with E-state index in [2.05, 4.69) is 52.4 Å². The third-order valence-corrected chi connectivity index (χ3v) is 4.26. The molecule has 0 spiro atoms. The normalized spacial score (nSPS) is 19.6. The van der Waals surface area contributed by atoms with Crippen molar-refractivity contribution in [3.05, 3.63) is 40.7 Å². The van der Waals surface area contributed by atoms with Gasteiger partial charge in [-0.1, -0.05) is 18.2 Å². The molecule has 0 bridgehead atoms. The highest BCUT2D eigenvalue weighted by Gasteiger charge is 2.28. The van der Waals surface area contributed by atoms with E-state index in [1.165, 1.54) is 34.3 Å². The molecule has 1 fully saturated rings. The molecule has 1 aromatic carbocycles. The summed E-state index contributed by atoms with van der Waals surface area (Å²) in [7, 11) is 1.81. The standard InChI is InChI=1S/C15H21N5/c1-11-6-4-7-13(12(11)2)14-8-5-9-20(14)10-15-16-18-19(3)17-15/h4,6-7,14H,5,8-10H2,1-3H3/t14-/m0/s1. The van der Waals surface area contributed by atoms with Crippen LogP contribution in [0.2, 0.25) is 0 Å². The molecule has 5 nitrogen and oxygen atoms in total. The van der Waals surface area contributed by atoms with Crippen LogP contribution < -0.4 is 0 Å². The quantitative estimate of drug-likeness (QED) is 0.858. The highest BCUT2D eigenvalue weighted by molar-refractivity contribution is 5.35. The number of benzene rings is 1. The number of aromatic nitrogens is 4. The predicted molar refractivity (Wildman–Crippen MR) is 77.1 cm³/mol. The molecule has 5 heteroatoms. The maximum Gasteiger partial charge on any atom is 0.188 e. The van der Waals surface area contributed by atoms with E-state index in [1.807, 2.05) is 7.05 Å². The van der Waals surface area contributed by atoms with Crippen molar-refractivity contribution >= 4 is 0 Å². The lowest BCUT2D eigenvalue weighted by atomic mass is 9.96. The van der Waals surface area contributed by atoms with Gasteiger partial charge in [0.2, 0.25) is 0 Å². The van der Waals surface area contributed by atoms with Crippen molar-refractivity contribution in [2.75, 3.05) is 6.54 Å². The fourth-order valence-corrected chi connectivity index (χ4v) is 3.07. The van der Waals surface area contributed by atoms with Crippen molar-refractivity contribution in [1.29, 1.82) is 0 Å². The summed E-state index contributed by atoms with van der Waals surface area (Å²) >= 11 is 0. The highest BCUT2D eigenvalue weighted by atomic mass is 15.6. The van der Waals surface area contributed by atoms with Gasteiger partial charge in [0.15, 0.2) is 5.82 Å². The third kappa shape index (κ3) is 2.45. The van der Waals surface area contributed by atoms with E-state index in [-0.39, 0.29) is 0 Å². The molecule has 1 aromatic heterocycles. The lowest BCUT2D eigenvalue weighted by Gasteiger charge is -2.25. The van der Waals surface area contributed by atoms with Crippen molar-refractivity contribution in [2.45, 2.75) is 39.3 Å². The van der Waals surface area contributed by atoms with Crippen LogP contribution in [-0.4, -0.2) is 31.7 Å². The number of aryl methyl sites for hydroxylation is 2. The van der Waals surface area contributed by atoms with E-state index in [0.29, 0.717) is 6.04 Å². The number of hydrogen-bond donors (Lipinski definition) is 0. The van der Waals surface area contributed by atoms with Crippen molar-refractivity contribution < 1.29 is 0 Å². The minimum atomic E-state index is 0.485. The SMILES string of the molecule is Cc1cccc([C@@H]2CCCN2Cc2nnn(C)n2)c1C. The minimum absolute atomic E-state index is 0.485. The van der Waals surface area contributed by atoms with Gasteiger partial charge in [0.25, 0.3) is 0 Å². The van der Waals surface area contributed by atoms with Gasteiger partial charge in [0, 0.05) is 6.04 Å². The molecule has 2 aromatic rings. The molecule has 1 atom stereocenters. The number of rotatable bonds is 3. The van der Waals surface area contributed by atoms with Gasteiger partial charge in [-0.3, -0.25) is 4.90 Å². The van der Waals surface area contributed by atoms with Crippen molar-refractivity contribution in [1.82, 2.24) is 25.1 Å². The molecule has 0 unspecified atom stereocenters. The van der Waals surface area contributed by atoms with Gasteiger partial charge in [-0.15, -0.1) is 10.2 Å². The largest absolute Gasteiger partial charge is 0.289 e. The van der Waals surface area contributed by atoms with E-state index in [4.69, 9.17) is 0 Å². The Labute approximate surface area is 119 Å². The first-order valence-electron chi connectivity index (χ1n) is 7.18. The number of likely N-dealkylation sites (tertiary alicyclic amines) is 1. The molecule has 1 saturated heterocycles. The second-order valence-electron chi connectivity index (χ2n) is 5.61. The molecule has 0 amide bonds. The second-order valence-corrected chi connectivity index (χ2v) is 5.61. The zero-order valence-corrected chi connectivity index (χ0v) is 12.4. The molecule has 20 heavy (non-hydrogen) atoms. The van der Waals surface area contributed by atoms with Crippen molar-refractivity contribution in [2.24, 2.45) is 7.05 Å². The van der Waals surface area contributed by atoms with Crippen LogP contribution in [0.4, 0.5) is 0 Å². The van der Waals surface area contributed by atoms with Gasteiger partial charge in [-0.25, -0.2) is 0 Å². The van der Waals surface area contributed by atoms with Crippen molar-refractivity contribution in [3.63, 3.8) is 0 Å². The highest BCUT2D eigenvalue weighted by Crippen LogP contribution is 2.35.